The molecule has 4 aliphatic carbocycles. The molecule has 2 unspecified atom stereocenters. The molecule has 1 heteroatoms. The van der Waals surface area contributed by atoms with Gasteiger partial charge in [-0.15, -0.1) is 0 Å². The summed E-state index contributed by atoms with van der Waals surface area (Å²) in [5, 5.41) is 3.91. The summed E-state index contributed by atoms with van der Waals surface area (Å²) >= 11 is 0. The quantitative estimate of drug-likeness (QED) is 0.707. The molecule has 14 heavy (non-hydrogen) atoms. The van der Waals surface area contributed by atoms with Crippen LogP contribution in [0.2, 0.25) is 0 Å². The first-order valence-corrected chi connectivity index (χ1v) is 6.68. The Bertz CT molecular complexity index is 244. The molecule has 4 fully saturated rings. The van der Waals surface area contributed by atoms with Gasteiger partial charge < -0.3 is 5.32 Å². The van der Waals surface area contributed by atoms with Crippen molar-refractivity contribution in [2.24, 2.45) is 23.7 Å². The first-order valence-electron chi connectivity index (χ1n) is 6.68. The summed E-state index contributed by atoms with van der Waals surface area (Å²) in [5.41, 5.74) is 0. The van der Waals surface area contributed by atoms with E-state index in [1.807, 2.05) is 0 Å². The van der Waals surface area contributed by atoms with E-state index in [1.54, 1.807) is 19.3 Å². The molecular formula is C13H21N. The minimum Gasteiger partial charge on any atom is -0.311 e. The summed E-state index contributed by atoms with van der Waals surface area (Å²) < 4.78 is 0. The Morgan fingerprint density at radius 1 is 0.857 bits per heavy atom. The van der Waals surface area contributed by atoms with Crippen molar-refractivity contribution in [3.8, 4) is 0 Å². The fourth-order valence-electron chi connectivity index (χ4n) is 4.74. The van der Waals surface area contributed by atoms with Crippen LogP contribution in [0.1, 0.15) is 44.9 Å². The van der Waals surface area contributed by atoms with E-state index in [9.17, 15) is 0 Å². The number of hydrogen-bond acceptors (Lipinski definition) is 1. The van der Waals surface area contributed by atoms with Gasteiger partial charge in [0.2, 0.25) is 0 Å². The van der Waals surface area contributed by atoms with Gasteiger partial charge in [0.15, 0.2) is 0 Å². The van der Waals surface area contributed by atoms with Crippen molar-refractivity contribution in [2.45, 2.75) is 57.0 Å². The molecule has 0 radical (unpaired) electrons. The van der Waals surface area contributed by atoms with E-state index in [1.165, 1.54) is 25.7 Å². The Morgan fingerprint density at radius 3 is 2.43 bits per heavy atom. The van der Waals surface area contributed by atoms with E-state index in [-0.39, 0.29) is 0 Å². The van der Waals surface area contributed by atoms with Crippen LogP contribution in [0.25, 0.3) is 0 Å². The fraction of sp³-hybridized carbons (Fsp3) is 1.00. The average molecular weight is 191 g/mol. The molecule has 0 spiro atoms. The SMILES string of the molecule is C1CC(N[C@H]2C[C@H]3C4CCC(C4)[C@@H]23)C1. The number of fused-ring (bicyclic) bond motifs is 5. The number of nitrogens with one attached hydrogen (secondary N) is 1. The van der Waals surface area contributed by atoms with Crippen LogP contribution in [-0.2, 0) is 0 Å². The van der Waals surface area contributed by atoms with Crippen LogP contribution in [0, 0.1) is 23.7 Å². The van der Waals surface area contributed by atoms with E-state index in [0.29, 0.717) is 0 Å². The van der Waals surface area contributed by atoms with Gasteiger partial charge in [-0.1, -0.05) is 6.42 Å². The molecule has 0 aromatic carbocycles. The summed E-state index contributed by atoms with van der Waals surface area (Å²) in [5.74, 6) is 4.57. The van der Waals surface area contributed by atoms with Crippen LogP contribution in [0.4, 0.5) is 0 Å². The normalized spacial score (nSPS) is 55.3. The van der Waals surface area contributed by atoms with Crippen LogP contribution in [0.3, 0.4) is 0 Å². The minimum absolute atomic E-state index is 0.917. The van der Waals surface area contributed by atoms with Gasteiger partial charge in [0.25, 0.3) is 0 Å². The molecule has 4 rings (SSSR count). The van der Waals surface area contributed by atoms with Crippen LogP contribution >= 0.6 is 0 Å². The van der Waals surface area contributed by atoms with Crippen LogP contribution in [-0.4, -0.2) is 12.1 Å². The Morgan fingerprint density at radius 2 is 1.71 bits per heavy atom. The number of hydrogen-bond donors (Lipinski definition) is 1. The van der Waals surface area contributed by atoms with Crippen molar-refractivity contribution < 1.29 is 0 Å². The molecular weight excluding hydrogens is 170 g/mol. The third-order valence-electron chi connectivity index (χ3n) is 5.70. The highest BCUT2D eigenvalue weighted by atomic mass is 15.0. The van der Waals surface area contributed by atoms with Crippen molar-refractivity contribution in [3.63, 3.8) is 0 Å². The third kappa shape index (κ3) is 0.946. The molecule has 1 nitrogen and oxygen atoms in total. The molecule has 0 aromatic rings. The first kappa shape index (κ1) is 8.15. The van der Waals surface area contributed by atoms with Gasteiger partial charge in [-0.05, 0) is 62.2 Å². The van der Waals surface area contributed by atoms with Crippen LogP contribution in [0.5, 0.6) is 0 Å². The second-order valence-corrected chi connectivity index (χ2v) is 6.21. The first-order chi connectivity index (χ1) is 6.92. The molecule has 4 aliphatic rings. The predicted octanol–water partition coefficient (Wildman–Crippen LogP) is 2.56. The van der Waals surface area contributed by atoms with Gasteiger partial charge in [-0.2, -0.15) is 0 Å². The highest BCUT2D eigenvalue weighted by Crippen LogP contribution is 2.61. The smallest absolute Gasteiger partial charge is 0.0106 e. The molecule has 0 amide bonds. The summed E-state index contributed by atoms with van der Waals surface area (Å²) in [6, 6.07) is 1.86. The highest BCUT2D eigenvalue weighted by molar-refractivity contribution is 5.09. The van der Waals surface area contributed by atoms with Gasteiger partial charge in [0, 0.05) is 12.1 Å². The molecule has 78 valence electrons. The predicted molar refractivity (Wildman–Crippen MR) is 57.0 cm³/mol. The van der Waals surface area contributed by atoms with Gasteiger partial charge in [0.05, 0.1) is 0 Å². The lowest BCUT2D eigenvalue weighted by Crippen LogP contribution is -2.56. The largest absolute Gasteiger partial charge is 0.311 e. The maximum Gasteiger partial charge on any atom is 0.0106 e. The monoisotopic (exact) mass is 191 g/mol. The Hall–Kier alpha value is -0.0400. The third-order valence-corrected chi connectivity index (χ3v) is 5.70. The summed E-state index contributed by atoms with van der Waals surface area (Å²) in [6.45, 7) is 0. The van der Waals surface area contributed by atoms with Crippen molar-refractivity contribution in [1.29, 1.82) is 0 Å². The topological polar surface area (TPSA) is 12.0 Å². The zero-order valence-electron chi connectivity index (χ0n) is 8.91. The van der Waals surface area contributed by atoms with Gasteiger partial charge >= 0.3 is 0 Å². The van der Waals surface area contributed by atoms with Crippen molar-refractivity contribution in [1.82, 2.24) is 5.32 Å². The average Bonchev–Trinajstić information content (AvgIpc) is 2.56. The van der Waals surface area contributed by atoms with Crippen LogP contribution in [0.15, 0.2) is 0 Å². The minimum atomic E-state index is 0.917. The lowest BCUT2D eigenvalue weighted by molar-refractivity contribution is 0.0356. The maximum atomic E-state index is 3.91. The lowest BCUT2D eigenvalue weighted by Gasteiger charge is -2.50. The molecule has 0 heterocycles. The molecule has 1 N–H and O–H groups in total. The van der Waals surface area contributed by atoms with Crippen molar-refractivity contribution in [3.05, 3.63) is 0 Å². The highest BCUT2D eigenvalue weighted by Gasteiger charge is 2.57. The summed E-state index contributed by atoms with van der Waals surface area (Å²) in [6.07, 6.45) is 10.7. The zero-order valence-corrected chi connectivity index (χ0v) is 8.91. The zero-order chi connectivity index (χ0) is 9.12. The van der Waals surface area contributed by atoms with Gasteiger partial charge in [-0.3, -0.25) is 0 Å². The second-order valence-electron chi connectivity index (χ2n) is 6.21. The van der Waals surface area contributed by atoms with E-state index >= 15 is 0 Å². The molecule has 0 aliphatic heterocycles. The molecule has 0 saturated heterocycles. The second kappa shape index (κ2) is 2.75. The Labute approximate surface area is 86.6 Å². The fourth-order valence-corrected chi connectivity index (χ4v) is 4.74. The maximum absolute atomic E-state index is 3.91. The van der Waals surface area contributed by atoms with E-state index in [0.717, 1.165) is 35.8 Å². The summed E-state index contributed by atoms with van der Waals surface area (Å²) in [7, 11) is 0. The van der Waals surface area contributed by atoms with Crippen LogP contribution < -0.4 is 5.32 Å². The Balaban J connectivity index is 1.42. The van der Waals surface area contributed by atoms with E-state index < -0.39 is 0 Å². The van der Waals surface area contributed by atoms with Crippen molar-refractivity contribution >= 4 is 0 Å². The Kier molecular flexibility index (Phi) is 1.60. The standard InChI is InChI=1S/C13H21N/c1-2-10(3-1)14-12-7-11-8-4-5-9(6-8)13(11)12/h8-14H,1-7H2/t8?,9?,11-,12-,13+/m0/s1. The summed E-state index contributed by atoms with van der Waals surface area (Å²) in [4.78, 5) is 0. The molecule has 2 bridgehead atoms. The lowest BCUT2D eigenvalue weighted by atomic mass is 9.62. The van der Waals surface area contributed by atoms with E-state index in [4.69, 9.17) is 0 Å². The van der Waals surface area contributed by atoms with Crippen molar-refractivity contribution in [2.75, 3.05) is 0 Å². The number of rotatable bonds is 2. The molecule has 0 aromatic heterocycles. The van der Waals surface area contributed by atoms with E-state index in [2.05, 4.69) is 5.32 Å². The molecule has 5 atom stereocenters. The van der Waals surface area contributed by atoms with Gasteiger partial charge in [0.1, 0.15) is 0 Å². The van der Waals surface area contributed by atoms with Gasteiger partial charge in [-0.25, -0.2) is 0 Å². The molecule has 4 saturated carbocycles.